The van der Waals surface area contributed by atoms with Crippen molar-refractivity contribution in [1.82, 2.24) is 0 Å². The predicted octanol–water partition coefficient (Wildman–Crippen LogP) is 3.85. The van der Waals surface area contributed by atoms with Gasteiger partial charge in [-0.2, -0.15) is 0 Å². The number of benzene rings is 1. The summed E-state index contributed by atoms with van der Waals surface area (Å²) in [5, 5.41) is 30.7. The summed E-state index contributed by atoms with van der Waals surface area (Å²) in [4.78, 5) is 12.3. The molecule has 0 aliphatic rings. The third kappa shape index (κ3) is 7.23. The Labute approximate surface area is 168 Å². The molecule has 0 amide bonds. The van der Waals surface area contributed by atoms with Gasteiger partial charge in [0.15, 0.2) is 0 Å². The van der Waals surface area contributed by atoms with Gasteiger partial charge in [-0.15, -0.1) is 0 Å². The molecule has 0 heterocycles. The van der Waals surface area contributed by atoms with Gasteiger partial charge in [0.25, 0.3) is 0 Å². The number of carbonyl (C=O) groups excluding carboxylic acids is 1. The van der Waals surface area contributed by atoms with Gasteiger partial charge in [-0.05, 0) is 44.4 Å². The molecule has 5 atom stereocenters. The number of hydrogen-bond acceptors (Lipinski definition) is 5. The van der Waals surface area contributed by atoms with Gasteiger partial charge in [-0.1, -0.05) is 51.1 Å². The first-order chi connectivity index (χ1) is 13.2. The zero-order valence-electron chi connectivity index (χ0n) is 17.3. The van der Waals surface area contributed by atoms with E-state index in [0.717, 1.165) is 0 Å². The highest BCUT2D eigenvalue weighted by Crippen LogP contribution is 2.25. The summed E-state index contributed by atoms with van der Waals surface area (Å²) in [6, 6.07) is 8.68. The van der Waals surface area contributed by atoms with Crippen LogP contribution in [0.4, 0.5) is 0 Å². The van der Waals surface area contributed by atoms with E-state index in [1.165, 1.54) is 0 Å². The Balaban J connectivity index is 2.62. The van der Waals surface area contributed by atoms with Crippen molar-refractivity contribution >= 4 is 5.97 Å². The molecule has 0 unspecified atom stereocenters. The number of carbonyl (C=O) groups is 1. The van der Waals surface area contributed by atoms with Gasteiger partial charge in [-0.3, -0.25) is 0 Å². The van der Waals surface area contributed by atoms with E-state index in [0.29, 0.717) is 29.7 Å². The molecule has 0 saturated heterocycles. The summed E-state index contributed by atoms with van der Waals surface area (Å²) in [6.45, 7) is 11.1. The van der Waals surface area contributed by atoms with Gasteiger partial charge in [0.05, 0.1) is 23.9 Å². The van der Waals surface area contributed by atoms with Crippen molar-refractivity contribution in [1.29, 1.82) is 0 Å². The normalized spacial score (nSPS) is 17.3. The Kier molecular flexibility index (Phi) is 10.1. The summed E-state index contributed by atoms with van der Waals surface area (Å²) in [7, 11) is 0. The van der Waals surface area contributed by atoms with Crippen LogP contribution in [-0.2, 0) is 4.74 Å². The first kappa shape index (κ1) is 24.1. The lowest BCUT2D eigenvalue weighted by Gasteiger charge is -2.26. The molecular weight excluding hydrogens is 356 g/mol. The minimum Gasteiger partial charge on any atom is -0.427 e. The number of hydrogen-bond donors (Lipinski definition) is 3. The highest BCUT2D eigenvalue weighted by atomic mass is 16.5. The maximum atomic E-state index is 12.3. The second-order valence-electron chi connectivity index (χ2n) is 7.36. The third-order valence-corrected chi connectivity index (χ3v) is 5.16. The van der Waals surface area contributed by atoms with Crippen LogP contribution < -0.4 is 0 Å². The van der Waals surface area contributed by atoms with E-state index in [1.54, 1.807) is 51.1 Å². The van der Waals surface area contributed by atoms with E-state index >= 15 is 0 Å². The fourth-order valence-corrected chi connectivity index (χ4v) is 3.01. The topological polar surface area (TPSA) is 87.0 Å². The first-order valence-corrected chi connectivity index (χ1v) is 9.85. The van der Waals surface area contributed by atoms with E-state index in [2.05, 4.69) is 6.58 Å². The summed E-state index contributed by atoms with van der Waals surface area (Å²) in [5.74, 6) is -0.756. The minimum absolute atomic E-state index is 0.269. The molecule has 1 rings (SSSR count). The molecule has 28 heavy (non-hydrogen) atoms. The van der Waals surface area contributed by atoms with E-state index in [1.807, 2.05) is 13.0 Å². The van der Waals surface area contributed by atoms with Crippen molar-refractivity contribution in [2.24, 2.45) is 11.8 Å². The van der Waals surface area contributed by atoms with Crippen LogP contribution in [0.15, 0.2) is 54.3 Å². The molecule has 5 heteroatoms. The lowest BCUT2D eigenvalue weighted by molar-refractivity contribution is 0.0190. The zero-order chi connectivity index (χ0) is 21.3. The zero-order valence-corrected chi connectivity index (χ0v) is 17.3. The minimum atomic E-state index is -0.805. The second-order valence-corrected chi connectivity index (χ2v) is 7.36. The van der Waals surface area contributed by atoms with Crippen LogP contribution in [0, 0.1) is 11.8 Å². The summed E-state index contributed by atoms with van der Waals surface area (Å²) in [6.07, 6.45) is 0.722. The number of allylic oxidation sites excluding steroid dienone is 1. The number of rotatable bonds is 11. The highest BCUT2D eigenvalue weighted by molar-refractivity contribution is 5.90. The van der Waals surface area contributed by atoms with Crippen LogP contribution in [0.1, 0.15) is 57.3 Å². The molecule has 5 nitrogen and oxygen atoms in total. The maximum absolute atomic E-state index is 12.3. The van der Waals surface area contributed by atoms with Crippen molar-refractivity contribution in [3.8, 4) is 0 Å². The largest absolute Gasteiger partial charge is 0.427 e. The Hall–Kier alpha value is -1.95. The molecule has 0 aliphatic heterocycles. The number of aliphatic hydroxyl groups is 3. The molecule has 0 spiro atoms. The molecule has 3 N–H and O–H groups in total. The van der Waals surface area contributed by atoms with Gasteiger partial charge in [0, 0.05) is 11.8 Å². The molecular formula is C23H34O5. The number of esters is 1. The average molecular weight is 391 g/mol. The van der Waals surface area contributed by atoms with Crippen LogP contribution in [0.3, 0.4) is 0 Å². The Morgan fingerprint density at radius 2 is 1.64 bits per heavy atom. The van der Waals surface area contributed by atoms with Gasteiger partial charge in [-0.25, -0.2) is 4.79 Å². The maximum Gasteiger partial charge on any atom is 0.343 e. The Morgan fingerprint density at radius 1 is 1.07 bits per heavy atom. The number of ether oxygens (including phenoxy) is 1. The van der Waals surface area contributed by atoms with Crippen LogP contribution in [0.2, 0.25) is 0 Å². The molecule has 0 aromatic heterocycles. The monoisotopic (exact) mass is 390 g/mol. The highest BCUT2D eigenvalue weighted by Gasteiger charge is 2.25. The van der Waals surface area contributed by atoms with E-state index in [9.17, 15) is 20.1 Å². The molecule has 0 bridgehead atoms. The molecule has 0 radical (unpaired) electrons. The van der Waals surface area contributed by atoms with Gasteiger partial charge < -0.3 is 20.1 Å². The standard InChI is InChI=1S/C23H34O5/c1-6-19(24)16(4)20(25)13-15(3)14-21(26)17(5)22(7-2)28-23(27)18-11-9-8-10-12-18/h7-12,16-17,19-21,24-26H,3,6,13-14H2,1-2,4-5H3/b22-7-/t16-,17+,19-,20+,21+/m1/s1. The van der Waals surface area contributed by atoms with Crippen molar-refractivity contribution in [3.05, 3.63) is 59.9 Å². The quantitative estimate of drug-likeness (QED) is 0.303. The fraction of sp³-hybridized carbons (Fsp3) is 0.522. The summed E-state index contributed by atoms with van der Waals surface area (Å²) in [5.41, 5.74) is 1.13. The molecule has 156 valence electrons. The van der Waals surface area contributed by atoms with Crippen molar-refractivity contribution < 1.29 is 24.9 Å². The van der Waals surface area contributed by atoms with E-state index in [-0.39, 0.29) is 12.3 Å². The fourth-order valence-electron chi connectivity index (χ4n) is 3.01. The first-order valence-electron chi connectivity index (χ1n) is 9.85. The Bertz CT molecular complexity index is 652. The molecule has 0 saturated carbocycles. The van der Waals surface area contributed by atoms with Crippen LogP contribution in [-0.4, -0.2) is 39.6 Å². The van der Waals surface area contributed by atoms with Crippen LogP contribution in [0.25, 0.3) is 0 Å². The average Bonchev–Trinajstić information content (AvgIpc) is 2.70. The van der Waals surface area contributed by atoms with Crippen molar-refractivity contribution in [3.63, 3.8) is 0 Å². The lowest BCUT2D eigenvalue weighted by atomic mass is 9.89. The van der Waals surface area contributed by atoms with Gasteiger partial charge in [0.2, 0.25) is 0 Å². The summed E-state index contributed by atoms with van der Waals surface area (Å²) >= 11 is 0. The number of aliphatic hydroxyl groups excluding tert-OH is 3. The van der Waals surface area contributed by atoms with Crippen molar-refractivity contribution in [2.75, 3.05) is 0 Å². The van der Waals surface area contributed by atoms with Crippen LogP contribution >= 0.6 is 0 Å². The van der Waals surface area contributed by atoms with Crippen molar-refractivity contribution in [2.45, 2.75) is 65.3 Å². The summed E-state index contributed by atoms with van der Waals surface area (Å²) < 4.78 is 5.47. The molecule has 1 aromatic carbocycles. The van der Waals surface area contributed by atoms with Gasteiger partial charge >= 0.3 is 5.97 Å². The third-order valence-electron chi connectivity index (χ3n) is 5.16. The van der Waals surface area contributed by atoms with E-state index < -0.39 is 30.2 Å². The smallest absolute Gasteiger partial charge is 0.343 e. The molecule has 0 fully saturated rings. The molecule has 0 aliphatic carbocycles. The van der Waals surface area contributed by atoms with E-state index in [4.69, 9.17) is 4.74 Å². The predicted molar refractivity (Wildman–Crippen MR) is 111 cm³/mol. The van der Waals surface area contributed by atoms with Crippen LogP contribution in [0.5, 0.6) is 0 Å². The lowest BCUT2D eigenvalue weighted by Crippen LogP contribution is -2.30. The SMILES string of the molecule is C=C(C[C@H](O)[C@H](C)[C@H](O)CC)C[C@H](O)[C@H](C)/C(=C/C)OC(=O)c1ccccc1. The Morgan fingerprint density at radius 3 is 2.18 bits per heavy atom. The molecule has 1 aromatic rings. The second kappa shape index (κ2) is 11.8. The van der Waals surface area contributed by atoms with Gasteiger partial charge in [0.1, 0.15) is 5.76 Å².